The first-order valence-electron chi connectivity index (χ1n) is 13.7. The molecular weight excluding hydrogens is 536 g/mol. The zero-order valence-corrected chi connectivity index (χ0v) is 22.9. The first-order valence-corrected chi connectivity index (χ1v) is 13.7. The van der Waals surface area contributed by atoms with E-state index in [4.69, 9.17) is 23.7 Å². The second-order valence-corrected chi connectivity index (χ2v) is 9.79. The molecule has 4 aromatic carbocycles. The Morgan fingerprint density at radius 1 is 0.595 bits per heavy atom. The van der Waals surface area contributed by atoms with Gasteiger partial charge in [0.15, 0.2) is 12.4 Å². The molecule has 8 nitrogen and oxygen atoms in total. The monoisotopic (exact) mass is 568 g/mol. The van der Waals surface area contributed by atoms with Gasteiger partial charge in [0.1, 0.15) is 24.9 Å². The fourth-order valence-electron chi connectivity index (χ4n) is 4.65. The van der Waals surface area contributed by atoms with E-state index < -0.39 is 42.6 Å². The van der Waals surface area contributed by atoms with Crippen LogP contribution in [0.4, 0.5) is 0 Å². The van der Waals surface area contributed by atoms with E-state index in [-0.39, 0.29) is 19.8 Å². The van der Waals surface area contributed by atoms with E-state index >= 15 is 0 Å². The topological polar surface area (TPSA) is 101 Å². The van der Waals surface area contributed by atoms with E-state index in [0.29, 0.717) is 11.1 Å². The van der Waals surface area contributed by atoms with Gasteiger partial charge in [0.25, 0.3) is 0 Å². The molecule has 4 aromatic rings. The number of carbonyl (C=O) groups is 2. The van der Waals surface area contributed by atoms with Crippen LogP contribution >= 0.6 is 0 Å². The van der Waals surface area contributed by atoms with Gasteiger partial charge < -0.3 is 28.8 Å². The molecule has 0 saturated carbocycles. The molecule has 1 aliphatic rings. The Bertz CT molecular complexity index is 1400. The summed E-state index contributed by atoms with van der Waals surface area (Å²) in [5, 5.41) is 11.1. The van der Waals surface area contributed by atoms with E-state index in [9.17, 15) is 14.7 Å². The van der Waals surface area contributed by atoms with Gasteiger partial charge in [-0.05, 0) is 35.4 Å². The fourth-order valence-corrected chi connectivity index (χ4v) is 4.65. The highest BCUT2D eigenvalue weighted by Crippen LogP contribution is 2.30. The molecule has 0 radical (unpaired) electrons. The van der Waals surface area contributed by atoms with Gasteiger partial charge in [0.05, 0.1) is 24.3 Å². The van der Waals surface area contributed by atoms with Crippen LogP contribution in [0.15, 0.2) is 121 Å². The highest BCUT2D eigenvalue weighted by molar-refractivity contribution is 5.90. The molecule has 8 heteroatoms. The molecule has 0 amide bonds. The number of esters is 2. The number of aliphatic hydroxyl groups is 1. The number of ether oxygens (including phenoxy) is 5. The van der Waals surface area contributed by atoms with E-state index in [1.165, 1.54) is 0 Å². The summed E-state index contributed by atoms with van der Waals surface area (Å²) in [4.78, 5) is 26.0. The van der Waals surface area contributed by atoms with Crippen molar-refractivity contribution in [2.45, 2.75) is 43.9 Å². The number of hydrogen-bond acceptors (Lipinski definition) is 8. The maximum absolute atomic E-state index is 13.3. The van der Waals surface area contributed by atoms with Crippen LogP contribution in [0.5, 0.6) is 0 Å². The van der Waals surface area contributed by atoms with Gasteiger partial charge in [0, 0.05) is 0 Å². The van der Waals surface area contributed by atoms with Crippen molar-refractivity contribution < 1.29 is 38.4 Å². The molecule has 1 heterocycles. The molecule has 5 rings (SSSR count). The molecule has 0 spiro atoms. The minimum Gasteiger partial charge on any atom is -0.459 e. The Balaban J connectivity index is 1.41. The molecule has 0 aromatic heterocycles. The summed E-state index contributed by atoms with van der Waals surface area (Å²) in [6, 6.07) is 36.0. The van der Waals surface area contributed by atoms with E-state index in [1.807, 2.05) is 60.7 Å². The Morgan fingerprint density at radius 3 is 1.57 bits per heavy atom. The van der Waals surface area contributed by atoms with Gasteiger partial charge >= 0.3 is 11.9 Å². The maximum Gasteiger partial charge on any atom is 0.338 e. The standard InChI is InChI=1S/C34H32O8/c35-32(26-17-9-3-10-18-26)40-23-28-29(42-33(36)27-19-11-4-12-20-27)30(38-21-24-13-5-1-6-14-24)31(34(37)41-28)39-22-25-15-7-2-8-16-25/h1-20,28-31,34,37H,21-23H2/t28-,29-,30+,31-,34+/m1/s1. The molecule has 1 fully saturated rings. The second-order valence-electron chi connectivity index (χ2n) is 9.79. The summed E-state index contributed by atoms with van der Waals surface area (Å²) in [5.41, 5.74) is 2.43. The molecule has 0 bridgehead atoms. The van der Waals surface area contributed by atoms with Crippen molar-refractivity contribution in [3.63, 3.8) is 0 Å². The van der Waals surface area contributed by atoms with Gasteiger partial charge in [-0.3, -0.25) is 0 Å². The Labute approximate surface area is 244 Å². The van der Waals surface area contributed by atoms with Gasteiger partial charge in [0.2, 0.25) is 0 Å². The van der Waals surface area contributed by atoms with E-state index in [0.717, 1.165) is 11.1 Å². The molecule has 42 heavy (non-hydrogen) atoms. The minimum absolute atomic E-state index is 0.152. The van der Waals surface area contributed by atoms with Crippen LogP contribution in [0.2, 0.25) is 0 Å². The second kappa shape index (κ2) is 14.5. The molecule has 0 aliphatic carbocycles. The predicted molar refractivity (Wildman–Crippen MR) is 153 cm³/mol. The molecule has 0 unspecified atom stereocenters. The Kier molecular flexibility index (Phi) is 10.1. The third-order valence-corrected chi connectivity index (χ3v) is 6.82. The summed E-state index contributed by atoms with van der Waals surface area (Å²) in [6.07, 6.45) is -5.58. The molecular formula is C34H32O8. The SMILES string of the molecule is O=C(OC[C@H]1O[C@H](O)[C@H](OCc2ccccc2)[C@@H](OCc2ccccc2)[C@@H]1OC(=O)c1ccccc1)c1ccccc1. The van der Waals surface area contributed by atoms with Crippen LogP contribution in [0.1, 0.15) is 31.8 Å². The van der Waals surface area contributed by atoms with Gasteiger partial charge in [-0.15, -0.1) is 0 Å². The summed E-state index contributed by atoms with van der Waals surface area (Å²) in [5.74, 6) is -1.19. The predicted octanol–water partition coefficient (Wildman–Crippen LogP) is 4.96. The van der Waals surface area contributed by atoms with Crippen molar-refractivity contribution in [1.82, 2.24) is 0 Å². The Morgan fingerprint density at radius 2 is 1.05 bits per heavy atom. The quantitative estimate of drug-likeness (QED) is 0.254. The summed E-state index contributed by atoms with van der Waals surface area (Å²) >= 11 is 0. The molecule has 1 saturated heterocycles. The van der Waals surface area contributed by atoms with Crippen LogP contribution in [-0.2, 0) is 36.9 Å². The smallest absolute Gasteiger partial charge is 0.338 e. The van der Waals surface area contributed by atoms with Gasteiger partial charge in [-0.2, -0.15) is 0 Å². The first kappa shape index (κ1) is 29.2. The number of benzene rings is 4. The van der Waals surface area contributed by atoms with Gasteiger partial charge in [-0.1, -0.05) is 97.1 Å². The zero-order valence-electron chi connectivity index (χ0n) is 22.9. The summed E-state index contributed by atoms with van der Waals surface area (Å²) < 4.78 is 29.9. The number of rotatable bonds is 11. The van der Waals surface area contributed by atoms with Crippen LogP contribution < -0.4 is 0 Å². The lowest BCUT2D eigenvalue weighted by atomic mass is 9.98. The van der Waals surface area contributed by atoms with Crippen LogP contribution in [0.3, 0.4) is 0 Å². The van der Waals surface area contributed by atoms with E-state index in [2.05, 4.69) is 0 Å². The van der Waals surface area contributed by atoms with Crippen molar-refractivity contribution in [1.29, 1.82) is 0 Å². The third-order valence-electron chi connectivity index (χ3n) is 6.82. The fraction of sp³-hybridized carbons (Fsp3) is 0.235. The zero-order chi connectivity index (χ0) is 29.1. The number of carbonyl (C=O) groups excluding carboxylic acids is 2. The molecule has 5 atom stereocenters. The largest absolute Gasteiger partial charge is 0.459 e. The lowest BCUT2D eigenvalue weighted by Gasteiger charge is -2.43. The minimum atomic E-state index is -1.46. The molecule has 1 N–H and O–H groups in total. The molecule has 216 valence electrons. The maximum atomic E-state index is 13.3. The lowest BCUT2D eigenvalue weighted by Crippen LogP contribution is -2.61. The average molecular weight is 569 g/mol. The van der Waals surface area contributed by atoms with Crippen LogP contribution in [-0.4, -0.2) is 54.4 Å². The highest BCUT2D eigenvalue weighted by atomic mass is 16.7. The number of aliphatic hydroxyl groups excluding tert-OH is 1. The third kappa shape index (κ3) is 7.69. The van der Waals surface area contributed by atoms with Crippen molar-refractivity contribution in [3.05, 3.63) is 144 Å². The summed E-state index contributed by atoms with van der Waals surface area (Å²) in [7, 11) is 0. The van der Waals surface area contributed by atoms with Crippen molar-refractivity contribution in [3.8, 4) is 0 Å². The van der Waals surface area contributed by atoms with Crippen LogP contribution in [0.25, 0.3) is 0 Å². The van der Waals surface area contributed by atoms with Gasteiger partial charge in [-0.25, -0.2) is 9.59 Å². The van der Waals surface area contributed by atoms with Crippen molar-refractivity contribution >= 4 is 11.9 Å². The highest BCUT2D eigenvalue weighted by Gasteiger charge is 2.50. The first-order chi connectivity index (χ1) is 20.6. The molecule has 1 aliphatic heterocycles. The number of hydrogen-bond donors (Lipinski definition) is 1. The lowest BCUT2D eigenvalue weighted by molar-refractivity contribution is -0.306. The average Bonchev–Trinajstić information content (AvgIpc) is 3.05. The Hall–Kier alpha value is -4.34. The summed E-state index contributed by atoms with van der Waals surface area (Å²) in [6.45, 7) is 0.0115. The normalized spacial score (nSPS) is 21.8. The van der Waals surface area contributed by atoms with Crippen molar-refractivity contribution in [2.75, 3.05) is 6.61 Å². The van der Waals surface area contributed by atoms with Crippen LogP contribution in [0, 0.1) is 0 Å². The van der Waals surface area contributed by atoms with Crippen molar-refractivity contribution in [2.24, 2.45) is 0 Å². The van der Waals surface area contributed by atoms with E-state index in [1.54, 1.807) is 60.7 Å².